The third-order valence-corrected chi connectivity index (χ3v) is 6.64. The van der Waals surface area contributed by atoms with Crippen LogP contribution in [-0.4, -0.2) is 53.1 Å². The first-order valence-corrected chi connectivity index (χ1v) is 11.5. The van der Waals surface area contributed by atoms with E-state index in [2.05, 4.69) is 10.1 Å². The van der Waals surface area contributed by atoms with Crippen molar-refractivity contribution in [3.05, 3.63) is 64.3 Å². The Balaban J connectivity index is 1.14. The number of β-amino-alcohol motifs (C(OH)–C–C–N with tert-alkyl or cyclic N) is 1. The van der Waals surface area contributed by atoms with Crippen molar-refractivity contribution in [2.45, 2.75) is 31.0 Å². The molecular formula is C24H24Cl2N2O4. The van der Waals surface area contributed by atoms with Gasteiger partial charge in [0.2, 0.25) is 0 Å². The van der Waals surface area contributed by atoms with Crippen molar-refractivity contribution in [3.8, 4) is 22.8 Å². The van der Waals surface area contributed by atoms with E-state index < -0.39 is 6.10 Å². The third-order valence-electron chi connectivity index (χ3n) is 6.17. The summed E-state index contributed by atoms with van der Waals surface area (Å²) in [7, 11) is 0. The highest BCUT2D eigenvalue weighted by Crippen LogP contribution is 2.42. The van der Waals surface area contributed by atoms with Gasteiger partial charge in [0.1, 0.15) is 29.8 Å². The summed E-state index contributed by atoms with van der Waals surface area (Å²) in [6, 6.07) is 12.9. The van der Waals surface area contributed by atoms with Crippen molar-refractivity contribution in [2.75, 3.05) is 26.2 Å². The molecule has 0 bridgehead atoms. The molecule has 2 aliphatic heterocycles. The maximum absolute atomic E-state index is 10.6. The van der Waals surface area contributed by atoms with E-state index in [1.807, 2.05) is 18.2 Å². The predicted molar refractivity (Wildman–Crippen MR) is 123 cm³/mol. The van der Waals surface area contributed by atoms with Crippen LogP contribution in [0.1, 0.15) is 18.4 Å². The van der Waals surface area contributed by atoms with Crippen molar-refractivity contribution < 1.29 is 19.1 Å². The lowest BCUT2D eigenvalue weighted by Crippen LogP contribution is -2.49. The van der Waals surface area contributed by atoms with E-state index in [1.54, 1.807) is 30.5 Å². The minimum atomic E-state index is -0.622. The summed E-state index contributed by atoms with van der Waals surface area (Å²) in [6.45, 7) is 2.44. The fourth-order valence-corrected chi connectivity index (χ4v) is 4.90. The van der Waals surface area contributed by atoms with E-state index in [0.717, 1.165) is 43.1 Å². The van der Waals surface area contributed by atoms with Crippen molar-refractivity contribution in [2.24, 2.45) is 0 Å². The molecule has 1 atom stereocenters. The first kappa shape index (κ1) is 21.6. The molecule has 1 aromatic heterocycles. The number of aliphatic hydroxyl groups excluding tert-OH is 1. The highest BCUT2D eigenvalue weighted by atomic mass is 35.5. The van der Waals surface area contributed by atoms with E-state index >= 15 is 0 Å². The molecule has 8 heteroatoms. The molecule has 3 aromatic rings. The average Bonchev–Trinajstić information content (AvgIpc) is 3.42. The van der Waals surface area contributed by atoms with Crippen molar-refractivity contribution in [3.63, 3.8) is 0 Å². The molecule has 0 aliphatic carbocycles. The number of aromatic nitrogens is 1. The molecule has 6 nitrogen and oxygen atoms in total. The third kappa shape index (κ3) is 4.59. The summed E-state index contributed by atoms with van der Waals surface area (Å²) in [5.74, 6) is 2.11. The molecule has 1 spiro atoms. The monoisotopic (exact) mass is 474 g/mol. The summed E-state index contributed by atoms with van der Waals surface area (Å²) in [6.07, 6.45) is 3.67. The van der Waals surface area contributed by atoms with Gasteiger partial charge in [0.15, 0.2) is 5.76 Å². The molecule has 1 fully saturated rings. The van der Waals surface area contributed by atoms with Crippen LogP contribution in [0.3, 0.4) is 0 Å². The van der Waals surface area contributed by atoms with Crippen LogP contribution in [0.4, 0.5) is 0 Å². The highest BCUT2D eigenvalue weighted by molar-refractivity contribution is 6.31. The number of hydrogen-bond donors (Lipinski definition) is 1. The smallest absolute Gasteiger partial charge is 0.170 e. The van der Waals surface area contributed by atoms with Gasteiger partial charge in [0, 0.05) is 55.0 Å². The van der Waals surface area contributed by atoms with Gasteiger partial charge in [0.25, 0.3) is 0 Å². The maximum atomic E-state index is 10.6. The van der Waals surface area contributed by atoms with Gasteiger partial charge in [-0.05, 0) is 42.0 Å². The van der Waals surface area contributed by atoms with Gasteiger partial charge < -0.3 is 24.0 Å². The minimum Gasteiger partial charge on any atom is -0.490 e. The second-order valence-corrected chi connectivity index (χ2v) is 9.37. The number of aliphatic hydroxyl groups is 1. The number of nitrogens with zero attached hydrogens (tertiary/aromatic N) is 2. The molecule has 1 saturated heterocycles. The Morgan fingerprint density at radius 3 is 2.66 bits per heavy atom. The molecule has 2 aliphatic rings. The summed E-state index contributed by atoms with van der Waals surface area (Å²) in [5.41, 5.74) is 1.74. The molecule has 32 heavy (non-hydrogen) atoms. The number of piperidine rings is 1. The quantitative estimate of drug-likeness (QED) is 0.550. The van der Waals surface area contributed by atoms with Crippen LogP contribution in [0, 0.1) is 0 Å². The zero-order chi connectivity index (χ0) is 22.1. The van der Waals surface area contributed by atoms with Crippen molar-refractivity contribution >= 4 is 23.2 Å². The van der Waals surface area contributed by atoms with E-state index in [0.29, 0.717) is 28.6 Å². The number of ether oxygens (including phenoxy) is 2. The molecule has 0 amide bonds. The van der Waals surface area contributed by atoms with Crippen molar-refractivity contribution in [1.29, 1.82) is 0 Å². The van der Waals surface area contributed by atoms with E-state index in [9.17, 15) is 5.11 Å². The lowest BCUT2D eigenvalue weighted by Gasteiger charge is -2.39. The fourth-order valence-electron chi connectivity index (χ4n) is 4.54. The number of halogens is 2. The van der Waals surface area contributed by atoms with Gasteiger partial charge in [-0.1, -0.05) is 28.4 Å². The van der Waals surface area contributed by atoms with E-state index in [1.165, 1.54) is 5.56 Å². The van der Waals surface area contributed by atoms with Crippen LogP contribution in [0.2, 0.25) is 10.0 Å². The lowest BCUT2D eigenvalue weighted by molar-refractivity contribution is -0.00192. The Bertz CT molecular complexity index is 1080. The van der Waals surface area contributed by atoms with Gasteiger partial charge in [-0.15, -0.1) is 0 Å². The second-order valence-electron chi connectivity index (χ2n) is 8.50. The lowest BCUT2D eigenvalue weighted by atomic mass is 9.87. The zero-order valence-electron chi connectivity index (χ0n) is 17.5. The molecule has 168 valence electrons. The van der Waals surface area contributed by atoms with Gasteiger partial charge >= 0.3 is 0 Å². The molecule has 0 radical (unpaired) electrons. The van der Waals surface area contributed by atoms with Crippen LogP contribution in [0.25, 0.3) is 11.3 Å². The fraction of sp³-hybridized carbons (Fsp3) is 0.375. The van der Waals surface area contributed by atoms with Gasteiger partial charge in [-0.3, -0.25) is 0 Å². The Morgan fingerprint density at radius 2 is 1.88 bits per heavy atom. The SMILES string of the molecule is OC(COc1ccc(Cl)cc1-c1ccno1)CN1CCC2(CC1)Cc1cc(Cl)ccc1O2. The number of fused-ring (bicyclic) bond motifs is 1. The van der Waals surface area contributed by atoms with Gasteiger partial charge in [-0.25, -0.2) is 0 Å². The standard InChI is InChI=1S/C24H24Cl2N2O4/c25-17-1-3-21-16(11-17)13-24(31-21)6-9-28(10-7-24)14-19(29)15-30-22-4-2-18(26)12-20(22)23-5-8-27-32-23/h1-5,8,11-12,19,29H,6-7,9-10,13-15H2. The van der Waals surface area contributed by atoms with Crippen LogP contribution >= 0.6 is 23.2 Å². The summed E-state index contributed by atoms with van der Waals surface area (Å²) in [4.78, 5) is 2.26. The first-order chi connectivity index (χ1) is 15.5. The largest absolute Gasteiger partial charge is 0.490 e. The number of benzene rings is 2. The Morgan fingerprint density at radius 1 is 1.09 bits per heavy atom. The summed E-state index contributed by atoms with van der Waals surface area (Å²) < 4.78 is 17.5. The Kier molecular flexibility index (Phi) is 6.03. The minimum absolute atomic E-state index is 0.153. The number of hydrogen-bond acceptors (Lipinski definition) is 6. The second kappa shape index (κ2) is 8.94. The Hall–Kier alpha value is -2.25. The first-order valence-electron chi connectivity index (χ1n) is 10.7. The van der Waals surface area contributed by atoms with Crippen molar-refractivity contribution in [1.82, 2.24) is 10.1 Å². The zero-order valence-corrected chi connectivity index (χ0v) is 19.0. The predicted octanol–water partition coefficient (Wildman–Crippen LogP) is 4.86. The van der Waals surface area contributed by atoms with Crippen LogP contribution in [0.5, 0.6) is 11.5 Å². The summed E-state index contributed by atoms with van der Waals surface area (Å²) >= 11 is 12.3. The molecule has 1 unspecified atom stereocenters. The summed E-state index contributed by atoms with van der Waals surface area (Å²) in [5, 5.41) is 15.7. The highest BCUT2D eigenvalue weighted by Gasteiger charge is 2.42. The van der Waals surface area contributed by atoms with E-state index in [4.69, 9.17) is 37.2 Å². The maximum Gasteiger partial charge on any atom is 0.170 e. The van der Waals surface area contributed by atoms with Crippen LogP contribution in [0.15, 0.2) is 53.2 Å². The molecular weight excluding hydrogens is 451 g/mol. The number of likely N-dealkylation sites (tertiary alicyclic amines) is 1. The Labute approximate surface area is 196 Å². The average molecular weight is 475 g/mol. The van der Waals surface area contributed by atoms with E-state index in [-0.39, 0.29) is 12.2 Å². The van der Waals surface area contributed by atoms with Gasteiger partial charge in [0.05, 0.1) is 11.8 Å². The van der Waals surface area contributed by atoms with Crippen LogP contribution in [-0.2, 0) is 6.42 Å². The normalized spacial score (nSPS) is 18.3. The molecule has 5 rings (SSSR count). The molecule has 2 aromatic carbocycles. The number of rotatable bonds is 6. The van der Waals surface area contributed by atoms with Gasteiger partial charge in [-0.2, -0.15) is 0 Å². The molecule has 0 saturated carbocycles. The topological polar surface area (TPSA) is 68.0 Å². The molecule has 3 heterocycles. The molecule has 1 N–H and O–H groups in total. The van der Waals surface area contributed by atoms with Crippen LogP contribution < -0.4 is 9.47 Å².